The molecule has 8 heteroatoms. The highest BCUT2D eigenvalue weighted by Crippen LogP contribution is 2.38. The molecular weight excluding hydrogens is 363 g/mol. The Bertz CT molecular complexity index is 205. The van der Waals surface area contributed by atoms with E-state index in [1.807, 2.05) is 0 Å². The van der Waals surface area contributed by atoms with Gasteiger partial charge in [0.2, 0.25) is 0 Å². The van der Waals surface area contributed by atoms with Crippen molar-refractivity contribution < 1.29 is 27.2 Å². The molecule has 0 N–H and O–H groups in total. The fourth-order valence-corrected chi connectivity index (χ4v) is 0.835. The van der Waals surface area contributed by atoms with Crippen LogP contribution in [0.2, 0.25) is 0 Å². The summed E-state index contributed by atoms with van der Waals surface area (Å²) in [6, 6.07) is 0. The Hall–Kier alpha value is 0.270. The van der Waals surface area contributed by atoms with E-state index in [0.717, 1.165) is 0 Å². The van der Waals surface area contributed by atoms with Crippen LogP contribution in [0.4, 0.5) is 17.6 Å². The Labute approximate surface area is 85.9 Å². The molecule has 0 amide bonds. The largest absolute Gasteiger partial charge is 0.385 e. The molecule has 0 aliphatic heterocycles. The van der Waals surface area contributed by atoms with Crippen molar-refractivity contribution in [3.8, 4) is 0 Å². The number of hydrogen-bond donors (Lipinski definition) is 0. The zero-order valence-corrected chi connectivity index (χ0v) is 8.83. The average molecular weight is 363 g/mol. The van der Waals surface area contributed by atoms with Crippen molar-refractivity contribution in [1.29, 1.82) is 0 Å². The molecule has 12 heavy (non-hydrogen) atoms. The van der Waals surface area contributed by atoms with Gasteiger partial charge in [-0.05, 0) is 15.9 Å². The molecule has 0 aliphatic rings. The lowest BCUT2D eigenvalue weighted by atomic mass is 10.2. The van der Waals surface area contributed by atoms with E-state index in [1.165, 1.54) is 0 Å². The maximum atomic E-state index is 12.2. The molecule has 0 saturated heterocycles. The molecule has 70 valence electrons. The highest BCUT2D eigenvalue weighted by molar-refractivity contribution is 14.1. The molecule has 2 nitrogen and oxygen atoms in total. The normalized spacial score (nSPS) is 12.8. The molecule has 0 saturated carbocycles. The van der Waals surface area contributed by atoms with E-state index >= 15 is 0 Å². The van der Waals surface area contributed by atoms with Gasteiger partial charge in [-0.15, -0.1) is 0 Å². The average Bonchev–Trinajstić information content (AvgIpc) is 1.86. The van der Waals surface area contributed by atoms with Crippen LogP contribution in [0.25, 0.3) is 0 Å². The smallest absolute Gasteiger partial charge is 0.281 e. The van der Waals surface area contributed by atoms with Crippen LogP contribution in [-0.4, -0.2) is 20.3 Å². The summed E-state index contributed by atoms with van der Waals surface area (Å²) in [6.45, 7) is 0. The lowest BCUT2D eigenvalue weighted by Crippen LogP contribution is -2.48. The quantitative estimate of drug-likeness (QED) is 0.438. The molecule has 0 aromatic carbocycles. The van der Waals surface area contributed by atoms with Crippen molar-refractivity contribution in [3.05, 3.63) is 0 Å². The number of alkyl halides is 4. The summed E-state index contributed by atoms with van der Waals surface area (Å²) in [7, 11) is 0. The van der Waals surface area contributed by atoms with Crippen LogP contribution in [0.1, 0.15) is 0 Å². The zero-order chi connectivity index (χ0) is 10.2. The highest BCUT2D eigenvalue weighted by atomic mass is 127. The Morgan fingerprint density at radius 1 is 1.08 bits per heavy atom. The molecule has 0 heterocycles. The first kappa shape index (κ1) is 12.3. The van der Waals surface area contributed by atoms with Crippen molar-refractivity contribution in [2.75, 3.05) is 0 Å². The van der Waals surface area contributed by atoms with Crippen LogP contribution in [0, 0.1) is 0 Å². The van der Waals surface area contributed by atoms with Crippen LogP contribution in [0.3, 0.4) is 0 Å². The molecule has 0 aromatic heterocycles. The van der Waals surface area contributed by atoms with Gasteiger partial charge in [-0.25, -0.2) is 0 Å². The number of rotatable bonds is 3. The van der Waals surface area contributed by atoms with Crippen molar-refractivity contribution in [2.24, 2.45) is 0 Å². The SMILES string of the molecule is O=C(Br)C(F)(F)C(F)(F)C(=O)I. The molecule has 0 bridgehead atoms. The summed E-state index contributed by atoms with van der Waals surface area (Å²) in [5.74, 6) is -9.96. The monoisotopic (exact) mass is 362 g/mol. The van der Waals surface area contributed by atoms with Crippen LogP contribution in [0.5, 0.6) is 0 Å². The first-order valence-electron chi connectivity index (χ1n) is 2.29. The van der Waals surface area contributed by atoms with Gasteiger partial charge in [0.1, 0.15) is 0 Å². The highest BCUT2D eigenvalue weighted by Gasteiger charge is 2.65. The van der Waals surface area contributed by atoms with Crippen molar-refractivity contribution in [1.82, 2.24) is 0 Å². The van der Waals surface area contributed by atoms with E-state index in [4.69, 9.17) is 0 Å². The van der Waals surface area contributed by atoms with Crippen LogP contribution in [0.15, 0.2) is 0 Å². The van der Waals surface area contributed by atoms with E-state index in [9.17, 15) is 27.2 Å². The summed E-state index contributed by atoms with van der Waals surface area (Å²) < 4.78 is 44.5. The van der Waals surface area contributed by atoms with Crippen molar-refractivity contribution in [3.63, 3.8) is 0 Å². The number of halogens is 6. The van der Waals surface area contributed by atoms with E-state index < -0.39 is 20.3 Å². The lowest BCUT2D eigenvalue weighted by Gasteiger charge is -2.19. The predicted molar refractivity (Wildman–Crippen MR) is 42.9 cm³/mol. The molecule has 0 fully saturated rings. The molecule has 0 rings (SSSR count). The van der Waals surface area contributed by atoms with Crippen LogP contribution in [-0.2, 0) is 9.59 Å². The minimum absolute atomic E-state index is 0.502. The van der Waals surface area contributed by atoms with Crippen LogP contribution < -0.4 is 0 Å². The van der Waals surface area contributed by atoms with E-state index in [0.29, 0.717) is 22.6 Å². The molecule has 0 aromatic rings. The maximum Gasteiger partial charge on any atom is 0.385 e. The topological polar surface area (TPSA) is 34.1 Å². The minimum Gasteiger partial charge on any atom is -0.281 e. The standard InChI is InChI=1S/C4BrF4IO2/c5-1(11)3(6,7)4(8,9)2(10)12. The zero-order valence-electron chi connectivity index (χ0n) is 5.08. The molecule has 0 atom stereocenters. The van der Waals surface area contributed by atoms with E-state index in [-0.39, 0.29) is 0 Å². The third kappa shape index (κ3) is 1.95. The lowest BCUT2D eigenvalue weighted by molar-refractivity contribution is -0.195. The summed E-state index contributed by atoms with van der Waals surface area (Å²) in [5, 5.41) is 0. The summed E-state index contributed by atoms with van der Waals surface area (Å²) in [5.41, 5.74) is 0. The first-order chi connectivity index (χ1) is 5.14. The van der Waals surface area contributed by atoms with E-state index in [1.54, 1.807) is 15.9 Å². The predicted octanol–water partition coefficient (Wildman–Crippen LogP) is 2.14. The molecule has 0 radical (unpaired) electrons. The second-order valence-electron chi connectivity index (χ2n) is 1.70. The second kappa shape index (κ2) is 3.56. The van der Waals surface area contributed by atoms with Gasteiger partial charge in [0.05, 0.1) is 0 Å². The van der Waals surface area contributed by atoms with Gasteiger partial charge in [0, 0.05) is 22.6 Å². The Kier molecular flexibility index (Phi) is 3.64. The Morgan fingerprint density at radius 2 is 1.42 bits per heavy atom. The van der Waals surface area contributed by atoms with Crippen molar-refractivity contribution in [2.45, 2.75) is 11.8 Å². The third-order valence-corrected chi connectivity index (χ3v) is 2.06. The molecule has 0 spiro atoms. The van der Waals surface area contributed by atoms with Crippen LogP contribution >= 0.6 is 38.5 Å². The van der Waals surface area contributed by atoms with Gasteiger partial charge < -0.3 is 0 Å². The summed E-state index contributed by atoms with van der Waals surface area (Å²) in [6.07, 6.45) is 0. The van der Waals surface area contributed by atoms with E-state index in [2.05, 4.69) is 0 Å². The Morgan fingerprint density at radius 3 is 1.50 bits per heavy atom. The fourth-order valence-electron chi connectivity index (χ4n) is 0.247. The Balaban J connectivity index is 5.01. The first-order valence-corrected chi connectivity index (χ1v) is 4.16. The van der Waals surface area contributed by atoms with Gasteiger partial charge in [0.25, 0.3) is 8.48 Å². The minimum atomic E-state index is -4.99. The fraction of sp³-hybridized carbons (Fsp3) is 0.500. The van der Waals surface area contributed by atoms with Gasteiger partial charge in [-0.3, -0.25) is 9.59 Å². The van der Waals surface area contributed by atoms with Gasteiger partial charge >= 0.3 is 11.8 Å². The van der Waals surface area contributed by atoms with Gasteiger partial charge in [-0.1, -0.05) is 0 Å². The summed E-state index contributed by atoms with van der Waals surface area (Å²) in [4.78, 5) is 19.9. The third-order valence-electron chi connectivity index (χ3n) is 0.888. The second-order valence-corrected chi connectivity index (χ2v) is 3.40. The molecule has 0 aliphatic carbocycles. The number of carbonyl (C=O) groups is 2. The summed E-state index contributed by atoms with van der Waals surface area (Å²) >= 11 is 2.18. The molecule has 0 unspecified atom stereocenters. The number of hydrogen-bond acceptors (Lipinski definition) is 2. The molecular formula is C4BrF4IO2. The number of carbonyl (C=O) groups excluding carboxylic acids is 2. The van der Waals surface area contributed by atoms with Crippen molar-refractivity contribution >= 4 is 47.0 Å². The maximum absolute atomic E-state index is 12.2. The van der Waals surface area contributed by atoms with Gasteiger partial charge in [0.15, 0.2) is 0 Å². The van der Waals surface area contributed by atoms with Gasteiger partial charge in [-0.2, -0.15) is 17.6 Å².